The van der Waals surface area contributed by atoms with E-state index in [1.54, 1.807) is 13.8 Å². The van der Waals surface area contributed by atoms with E-state index in [9.17, 15) is 9.18 Å². The molecule has 94 valence electrons. The molecule has 1 heterocycles. The zero-order valence-corrected chi connectivity index (χ0v) is 11.3. The van der Waals surface area contributed by atoms with E-state index in [2.05, 4.69) is 26.4 Å². The highest BCUT2D eigenvalue weighted by molar-refractivity contribution is 9.10. The van der Waals surface area contributed by atoms with Gasteiger partial charge >= 0.3 is 0 Å². The van der Waals surface area contributed by atoms with Crippen LogP contribution in [-0.2, 0) is 0 Å². The van der Waals surface area contributed by atoms with E-state index in [0.717, 1.165) is 0 Å². The number of benzene rings is 1. The van der Waals surface area contributed by atoms with Crippen LogP contribution in [0.25, 0.3) is 0 Å². The number of halogens is 2. The summed E-state index contributed by atoms with van der Waals surface area (Å²) in [7, 11) is 0. The highest BCUT2D eigenvalue weighted by Gasteiger charge is 2.18. The minimum atomic E-state index is -0.424. The lowest BCUT2D eigenvalue weighted by Gasteiger charge is -2.07. The van der Waals surface area contributed by atoms with Crippen LogP contribution in [-0.4, -0.2) is 11.1 Å². The van der Waals surface area contributed by atoms with E-state index in [4.69, 9.17) is 4.52 Å². The van der Waals surface area contributed by atoms with E-state index in [1.807, 2.05) is 0 Å². The second kappa shape index (κ2) is 4.89. The molecule has 1 amide bonds. The fraction of sp³-hybridized carbons (Fsp3) is 0.167. The first-order valence-electron chi connectivity index (χ1n) is 5.18. The maximum absolute atomic E-state index is 13.1. The molecule has 0 saturated heterocycles. The third-order valence-corrected chi connectivity index (χ3v) is 3.13. The number of nitrogens with one attached hydrogen (secondary N) is 1. The van der Waals surface area contributed by atoms with E-state index in [0.29, 0.717) is 27.2 Å². The van der Waals surface area contributed by atoms with Gasteiger partial charge in [0, 0.05) is 4.47 Å². The molecule has 0 saturated carbocycles. The van der Waals surface area contributed by atoms with Crippen LogP contribution in [0.2, 0.25) is 0 Å². The number of hydrogen-bond acceptors (Lipinski definition) is 3. The first-order valence-corrected chi connectivity index (χ1v) is 5.97. The molecule has 2 aromatic rings. The van der Waals surface area contributed by atoms with Crippen molar-refractivity contribution in [1.29, 1.82) is 0 Å². The van der Waals surface area contributed by atoms with Gasteiger partial charge in [-0.05, 0) is 48.0 Å². The van der Waals surface area contributed by atoms with Gasteiger partial charge in [-0.2, -0.15) is 0 Å². The quantitative estimate of drug-likeness (QED) is 0.924. The first kappa shape index (κ1) is 12.8. The number of amides is 1. The summed E-state index contributed by atoms with van der Waals surface area (Å²) in [6.07, 6.45) is 0. The van der Waals surface area contributed by atoms with Crippen LogP contribution in [0.3, 0.4) is 0 Å². The van der Waals surface area contributed by atoms with Crippen LogP contribution in [0, 0.1) is 19.7 Å². The first-order chi connectivity index (χ1) is 8.49. The summed E-state index contributed by atoms with van der Waals surface area (Å²) in [6.45, 7) is 3.32. The molecule has 1 aromatic carbocycles. The van der Waals surface area contributed by atoms with Crippen molar-refractivity contribution in [3.63, 3.8) is 0 Å². The molecule has 0 bridgehead atoms. The number of anilines is 1. The van der Waals surface area contributed by atoms with Crippen molar-refractivity contribution < 1.29 is 13.7 Å². The molecule has 0 atom stereocenters. The van der Waals surface area contributed by atoms with Crippen LogP contribution >= 0.6 is 15.9 Å². The Morgan fingerprint density at radius 3 is 2.78 bits per heavy atom. The van der Waals surface area contributed by atoms with E-state index in [-0.39, 0.29) is 5.91 Å². The molecule has 4 nitrogen and oxygen atoms in total. The summed E-state index contributed by atoms with van der Waals surface area (Å²) in [6, 6.07) is 4.06. The Kier molecular flexibility index (Phi) is 3.47. The average Bonchev–Trinajstić information content (AvgIpc) is 2.63. The fourth-order valence-corrected chi connectivity index (χ4v) is 1.93. The number of aryl methyl sites for hydroxylation is 2. The van der Waals surface area contributed by atoms with Crippen molar-refractivity contribution in [2.45, 2.75) is 13.8 Å². The molecular weight excluding hydrogens is 303 g/mol. The lowest BCUT2D eigenvalue weighted by Crippen LogP contribution is -2.14. The van der Waals surface area contributed by atoms with Crippen molar-refractivity contribution in [2.75, 3.05) is 5.32 Å². The molecule has 2 rings (SSSR count). The van der Waals surface area contributed by atoms with Gasteiger partial charge in [-0.1, -0.05) is 5.16 Å². The van der Waals surface area contributed by atoms with Gasteiger partial charge in [0.25, 0.3) is 5.91 Å². The molecule has 18 heavy (non-hydrogen) atoms. The van der Waals surface area contributed by atoms with Crippen molar-refractivity contribution in [1.82, 2.24) is 5.16 Å². The highest BCUT2D eigenvalue weighted by atomic mass is 79.9. The van der Waals surface area contributed by atoms with Crippen molar-refractivity contribution in [2.24, 2.45) is 0 Å². The van der Waals surface area contributed by atoms with Gasteiger partial charge in [-0.3, -0.25) is 4.79 Å². The van der Waals surface area contributed by atoms with E-state index in [1.165, 1.54) is 18.2 Å². The van der Waals surface area contributed by atoms with Gasteiger partial charge in [-0.25, -0.2) is 4.39 Å². The fourth-order valence-electron chi connectivity index (χ4n) is 1.59. The maximum Gasteiger partial charge on any atom is 0.261 e. The van der Waals surface area contributed by atoms with Crippen molar-refractivity contribution in [3.8, 4) is 0 Å². The van der Waals surface area contributed by atoms with Crippen LogP contribution in [0.5, 0.6) is 0 Å². The van der Waals surface area contributed by atoms with Crippen LogP contribution in [0.4, 0.5) is 10.1 Å². The number of carbonyl (C=O) groups is 1. The number of nitrogens with zero attached hydrogens (tertiary/aromatic N) is 1. The number of rotatable bonds is 2. The molecule has 0 radical (unpaired) electrons. The molecule has 1 aromatic heterocycles. The molecule has 6 heteroatoms. The van der Waals surface area contributed by atoms with Crippen molar-refractivity contribution in [3.05, 3.63) is 45.5 Å². The van der Waals surface area contributed by atoms with Crippen LogP contribution in [0.15, 0.2) is 27.2 Å². The van der Waals surface area contributed by atoms with Gasteiger partial charge < -0.3 is 9.84 Å². The Labute approximate surface area is 111 Å². The van der Waals surface area contributed by atoms with Crippen LogP contribution < -0.4 is 5.32 Å². The molecular formula is C12H10BrFN2O2. The highest BCUT2D eigenvalue weighted by Crippen LogP contribution is 2.24. The summed E-state index contributed by atoms with van der Waals surface area (Å²) in [5, 5.41) is 6.31. The zero-order chi connectivity index (χ0) is 13.3. The second-order valence-corrected chi connectivity index (χ2v) is 4.63. The van der Waals surface area contributed by atoms with E-state index < -0.39 is 5.82 Å². The largest absolute Gasteiger partial charge is 0.361 e. The molecule has 1 N–H and O–H groups in total. The minimum Gasteiger partial charge on any atom is -0.361 e. The van der Waals surface area contributed by atoms with Gasteiger partial charge in [0.2, 0.25) is 0 Å². The average molecular weight is 313 g/mol. The summed E-state index contributed by atoms with van der Waals surface area (Å²) in [5.74, 6) is -0.373. The summed E-state index contributed by atoms with van der Waals surface area (Å²) < 4.78 is 18.6. The Balaban J connectivity index is 2.30. The van der Waals surface area contributed by atoms with Gasteiger partial charge in [-0.15, -0.1) is 0 Å². The lowest BCUT2D eigenvalue weighted by molar-refractivity contribution is 0.102. The predicted octanol–water partition coefficient (Wildman–Crippen LogP) is 3.45. The predicted molar refractivity (Wildman–Crippen MR) is 68.0 cm³/mol. The second-order valence-electron chi connectivity index (χ2n) is 3.78. The minimum absolute atomic E-state index is 0.361. The van der Waals surface area contributed by atoms with E-state index >= 15 is 0 Å². The Bertz CT molecular complexity index is 591. The third kappa shape index (κ3) is 2.43. The van der Waals surface area contributed by atoms with Crippen LogP contribution in [0.1, 0.15) is 21.8 Å². The molecule has 0 spiro atoms. The molecule has 0 unspecified atom stereocenters. The smallest absolute Gasteiger partial charge is 0.261 e. The SMILES string of the molecule is Cc1noc(C)c1C(=O)Nc1cc(F)ccc1Br. The van der Waals surface area contributed by atoms with Gasteiger partial charge in [0.15, 0.2) is 0 Å². The molecule has 0 fully saturated rings. The summed E-state index contributed by atoms with van der Waals surface area (Å²) >= 11 is 3.24. The Morgan fingerprint density at radius 1 is 1.44 bits per heavy atom. The number of hydrogen-bond donors (Lipinski definition) is 1. The van der Waals surface area contributed by atoms with Gasteiger partial charge in [0.05, 0.1) is 11.4 Å². The van der Waals surface area contributed by atoms with Gasteiger partial charge in [0.1, 0.15) is 17.1 Å². The lowest BCUT2D eigenvalue weighted by atomic mass is 10.2. The Hall–Kier alpha value is -1.69. The topological polar surface area (TPSA) is 55.1 Å². The summed E-state index contributed by atoms with van der Waals surface area (Å²) in [4.78, 5) is 12.0. The Morgan fingerprint density at radius 2 is 2.17 bits per heavy atom. The zero-order valence-electron chi connectivity index (χ0n) is 9.75. The maximum atomic E-state index is 13.1. The summed E-state index contributed by atoms with van der Waals surface area (Å²) in [5.41, 5.74) is 1.23. The molecule has 0 aliphatic carbocycles. The monoisotopic (exact) mass is 312 g/mol. The standard InChI is InChI=1S/C12H10BrFN2O2/c1-6-11(7(2)18-16-6)12(17)15-10-5-8(14)3-4-9(10)13/h3-5H,1-2H3,(H,15,17). The number of carbonyl (C=O) groups excluding carboxylic acids is 1. The third-order valence-electron chi connectivity index (χ3n) is 2.44. The molecule has 0 aliphatic rings. The van der Waals surface area contributed by atoms with Crippen molar-refractivity contribution >= 4 is 27.5 Å². The number of aromatic nitrogens is 1. The molecule has 0 aliphatic heterocycles. The normalized spacial score (nSPS) is 10.4.